The molecule has 0 N–H and O–H groups in total. The molecule has 0 saturated heterocycles. The van der Waals surface area contributed by atoms with E-state index in [1.54, 1.807) is 46.9 Å². The maximum atomic E-state index is 6.20. The van der Waals surface area contributed by atoms with Crippen molar-refractivity contribution in [1.29, 1.82) is 0 Å². The SMILES string of the molecule is COc1ccc(-c2nc3ccccc3s2)cc1OCC(CCOc1cccc(C=Cc2cc(OC)c(OC)c(OC)c2)c1)OC. The Balaban J connectivity index is 1.18. The van der Waals surface area contributed by atoms with Crippen molar-refractivity contribution >= 4 is 33.7 Å². The average Bonchev–Trinajstić information content (AvgIpc) is 3.53. The van der Waals surface area contributed by atoms with Gasteiger partial charge in [0, 0.05) is 19.1 Å². The summed E-state index contributed by atoms with van der Waals surface area (Å²) >= 11 is 1.65. The first kappa shape index (κ1) is 31.7. The van der Waals surface area contributed by atoms with E-state index in [0.29, 0.717) is 48.4 Å². The maximum absolute atomic E-state index is 6.20. The van der Waals surface area contributed by atoms with Gasteiger partial charge in [-0.3, -0.25) is 0 Å². The van der Waals surface area contributed by atoms with E-state index in [0.717, 1.165) is 37.7 Å². The van der Waals surface area contributed by atoms with Gasteiger partial charge in [-0.15, -0.1) is 11.3 Å². The van der Waals surface area contributed by atoms with Crippen LogP contribution in [0.25, 0.3) is 32.9 Å². The number of para-hydroxylation sites is 1. The predicted octanol–water partition coefficient (Wildman–Crippen LogP) is 8.03. The molecule has 0 aliphatic carbocycles. The van der Waals surface area contributed by atoms with E-state index in [9.17, 15) is 0 Å². The molecule has 0 radical (unpaired) electrons. The van der Waals surface area contributed by atoms with Crippen molar-refractivity contribution in [2.45, 2.75) is 12.5 Å². The molecule has 1 aromatic heterocycles. The second-order valence-electron chi connectivity index (χ2n) is 10.0. The number of ether oxygens (including phenoxy) is 7. The van der Waals surface area contributed by atoms with Crippen LogP contribution in [-0.4, -0.2) is 59.9 Å². The molecule has 4 aromatic carbocycles. The zero-order valence-electron chi connectivity index (χ0n) is 26.1. The first-order chi connectivity index (χ1) is 22.0. The Labute approximate surface area is 267 Å². The third-order valence-electron chi connectivity index (χ3n) is 7.18. The lowest BCUT2D eigenvalue weighted by molar-refractivity contribution is 0.0414. The molecule has 5 aromatic rings. The molecular weight excluding hydrogens is 590 g/mol. The van der Waals surface area contributed by atoms with Crippen molar-refractivity contribution in [3.63, 3.8) is 0 Å². The second-order valence-corrected chi connectivity index (χ2v) is 11.1. The smallest absolute Gasteiger partial charge is 0.203 e. The first-order valence-electron chi connectivity index (χ1n) is 14.5. The molecule has 0 saturated carbocycles. The van der Waals surface area contributed by atoms with Crippen molar-refractivity contribution in [3.8, 4) is 45.1 Å². The van der Waals surface area contributed by atoms with Gasteiger partial charge in [-0.2, -0.15) is 0 Å². The molecule has 45 heavy (non-hydrogen) atoms. The summed E-state index contributed by atoms with van der Waals surface area (Å²) in [6, 6.07) is 25.7. The Morgan fingerprint density at radius 3 is 2.16 bits per heavy atom. The van der Waals surface area contributed by atoms with Gasteiger partial charge in [0.25, 0.3) is 0 Å². The fourth-order valence-electron chi connectivity index (χ4n) is 4.78. The highest BCUT2D eigenvalue weighted by Crippen LogP contribution is 2.39. The van der Waals surface area contributed by atoms with Gasteiger partial charge in [-0.25, -0.2) is 4.98 Å². The molecule has 0 spiro atoms. The molecule has 1 heterocycles. The summed E-state index contributed by atoms with van der Waals surface area (Å²) in [6.07, 6.45) is 4.46. The summed E-state index contributed by atoms with van der Waals surface area (Å²) in [6.45, 7) is 0.807. The van der Waals surface area contributed by atoms with Crippen LogP contribution in [0.5, 0.6) is 34.5 Å². The number of benzene rings is 4. The lowest BCUT2D eigenvalue weighted by atomic mass is 10.1. The summed E-state index contributed by atoms with van der Waals surface area (Å²) in [5.74, 6) is 3.83. The van der Waals surface area contributed by atoms with Gasteiger partial charge >= 0.3 is 0 Å². The Hall–Kier alpha value is -4.73. The van der Waals surface area contributed by atoms with Crippen LogP contribution in [-0.2, 0) is 4.74 Å². The molecular formula is C36H37NO7S. The van der Waals surface area contributed by atoms with Gasteiger partial charge in [0.15, 0.2) is 23.0 Å². The normalized spacial score (nSPS) is 11.8. The maximum Gasteiger partial charge on any atom is 0.203 e. The lowest BCUT2D eigenvalue weighted by Crippen LogP contribution is -2.23. The van der Waals surface area contributed by atoms with E-state index >= 15 is 0 Å². The van der Waals surface area contributed by atoms with Gasteiger partial charge in [-0.1, -0.05) is 36.4 Å². The Bertz CT molecular complexity index is 1690. The van der Waals surface area contributed by atoms with Crippen LogP contribution in [0, 0.1) is 0 Å². The monoisotopic (exact) mass is 627 g/mol. The number of hydrogen-bond donors (Lipinski definition) is 0. The highest BCUT2D eigenvalue weighted by molar-refractivity contribution is 7.21. The molecule has 0 aliphatic rings. The Morgan fingerprint density at radius 2 is 1.44 bits per heavy atom. The molecule has 0 aliphatic heterocycles. The van der Waals surface area contributed by atoms with Gasteiger partial charge in [-0.05, 0) is 65.7 Å². The predicted molar refractivity (Wildman–Crippen MR) is 179 cm³/mol. The molecule has 1 atom stereocenters. The average molecular weight is 628 g/mol. The van der Waals surface area contributed by atoms with Crippen LogP contribution in [0.15, 0.2) is 78.9 Å². The summed E-state index contributed by atoms with van der Waals surface area (Å²) in [4.78, 5) is 4.78. The molecule has 0 amide bonds. The van der Waals surface area contributed by atoms with Crippen LogP contribution < -0.4 is 28.4 Å². The zero-order chi connectivity index (χ0) is 31.6. The number of nitrogens with zero attached hydrogens (tertiary/aromatic N) is 1. The fraction of sp³-hybridized carbons (Fsp3) is 0.250. The van der Waals surface area contributed by atoms with Crippen LogP contribution in [0.4, 0.5) is 0 Å². The zero-order valence-corrected chi connectivity index (χ0v) is 26.9. The molecule has 9 heteroatoms. The third kappa shape index (κ3) is 7.87. The number of fused-ring (bicyclic) bond motifs is 1. The van der Waals surface area contributed by atoms with Crippen LogP contribution in [0.2, 0.25) is 0 Å². The molecule has 5 rings (SSSR count). The third-order valence-corrected chi connectivity index (χ3v) is 8.27. The van der Waals surface area contributed by atoms with Crippen molar-refractivity contribution in [2.24, 2.45) is 0 Å². The van der Waals surface area contributed by atoms with Crippen LogP contribution in [0.3, 0.4) is 0 Å². The van der Waals surface area contributed by atoms with Crippen LogP contribution >= 0.6 is 11.3 Å². The fourth-order valence-corrected chi connectivity index (χ4v) is 5.74. The van der Waals surface area contributed by atoms with Crippen molar-refractivity contribution < 1.29 is 33.2 Å². The molecule has 234 valence electrons. The van der Waals surface area contributed by atoms with Crippen molar-refractivity contribution in [1.82, 2.24) is 4.98 Å². The largest absolute Gasteiger partial charge is 0.493 e. The van der Waals surface area contributed by atoms with Crippen LogP contribution in [0.1, 0.15) is 17.5 Å². The summed E-state index contributed by atoms with van der Waals surface area (Å²) in [5.41, 5.74) is 3.87. The number of hydrogen-bond acceptors (Lipinski definition) is 9. The summed E-state index contributed by atoms with van der Waals surface area (Å²) in [5, 5.41) is 0.931. The van der Waals surface area contributed by atoms with E-state index in [4.69, 9.17) is 38.1 Å². The summed E-state index contributed by atoms with van der Waals surface area (Å²) < 4.78 is 41.0. The first-order valence-corrected chi connectivity index (χ1v) is 15.3. The standard InChI is InChI=1S/C36H37NO7S/c1-38-28(23-44-31-22-26(15-16-30(31)39-2)36-37-29-11-6-7-12-34(29)45-36)17-18-43-27-10-8-9-24(19-27)13-14-25-20-32(40-3)35(42-5)33(21-25)41-4/h6-16,19-22,28H,17-18,23H2,1-5H3. The van der Waals surface area contributed by atoms with E-state index in [1.807, 2.05) is 84.9 Å². The van der Waals surface area contributed by atoms with E-state index < -0.39 is 0 Å². The lowest BCUT2D eigenvalue weighted by Gasteiger charge is -2.18. The minimum atomic E-state index is -0.177. The topological polar surface area (TPSA) is 77.5 Å². The molecule has 8 nitrogen and oxygen atoms in total. The summed E-state index contributed by atoms with van der Waals surface area (Å²) in [7, 11) is 8.11. The molecule has 1 unspecified atom stereocenters. The number of aromatic nitrogens is 1. The Morgan fingerprint density at radius 1 is 0.689 bits per heavy atom. The van der Waals surface area contributed by atoms with E-state index in [-0.39, 0.29) is 6.10 Å². The highest BCUT2D eigenvalue weighted by Gasteiger charge is 2.15. The van der Waals surface area contributed by atoms with E-state index in [1.165, 1.54) is 0 Å². The highest BCUT2D eigenvalue weighted by atomic mass is 32.1. The minimum Gasteiger partial charge on any atom is -0.493 e. The number of thiazole rings is 1. The van der Waals surface area contributed by atoms with E-state index in [2.05, 4.69) is 6.07 Å². The molecule has 0 bridgehead atoms. The van der Waals surface area contributed by atoms with Gasteiger partial charge in [0.05, 0.1) is 51.4 Å². The van der Waals surface area contributed by atoms with Gasteiger partial charge in [0.2, 0.25) is 5.75 Å². The van der Waals surface area contributed by atoms with Gasteiger partial charge in [0.1, 0.15) is 17.4 Å². The van der Waals surface area contributed by atoms with Crippen molar-refractivity contribution in [2.75, 3.05) is 48.8 Å². The molecule has 0 fully saturated rings. The second kappa shape index (κ2) is 15.3. The quantitative estimate of drug-likeness (QED) is 0.108. The number of methoxy groups -OCH3 is 5. The van der Waals surface area contributed by atoms with Gasteiger partial charge < -0.3 is 33.2 Å². The minimum absolute atomic E-state index is 0.177. The number of rotatable bonds is 15. The van der Waals surface area contributed by atoms with Crippen molar-refractivity contribution in [3.05, 3.63) is 90.0 Å². The Kier molecular flexibility index (Phi) is 10.8.